The van der Waals surface area contributed by atoms with E-state index in [-0.39, 0.29) is 11.8 Å². The van der Waals surface area contributed by atoms with Crippen molar-refractivity contribution in [2.45, 2.75) is 23.1 Å². The van der Waals surface area contributed by atoms with Gasteiger partial charge in [0.1, 0.15) is 5.75 Å². The zero-order chi connectivity index (χ0) is 18.0. The van der Waals surface area contributed by atoms with Gasteiger partial charge in [-0.05, 0) is 36.8 Å². The molecule has 1 aliphatic heterocycles. The van der Waals surface area contributed by atoms with Crippen LogP contribution in [0.1, 0.15) is 12.5 Å². The summed E-state index contributed by atoms with van der Waals surface area (Å²) >= 11 is 1.29. The fraction of sp³-hybridized carbons (Fsp3) is 0.263. The number of fused-ring (bicyclic) bond motifs is 1. The maximum atomic E-state index is 12.8. The summed E-state index contributed by atoms with van der Waals surface area (Å²) in [6.07, 6.45) is 0. The summed E-state index contributed by atoms with van der Waals surface area (Å²) in [7, 11) is 3.30. The molecule has 0 fully saturated rings. The highest BCUT2D eigenvalue weighted by Gasteiger charge is 2.48. The van der Waals surface area contributed by atoms with E-state index in [1.54, 1.807) is 26.0 Å². The standard InChI is InChI=1S/C19H20N2O3S/c1-19(17(22)20-12-13-7-6-8-14(11-13)24-3)18(23)21(2)15-9-4-5-10-16(15)25-19/h4-11H,12H2,1-3H3,(H,20,22). The summed E-state index contributed by atoms with van der Waals surface area (Å²) in [6.45, 7) is 2.01. The summed E-state index contributed by atoms with van der Waals surface area (Å²) in [6, 6.07) is 15.1. The summed E-state index contributed by atoms with van der Waals surface area (Å²) < 4.78 is 4.00. The van der Waals surface area contributed by atoms with Gasteiger partial charge in [0.2, 0.25) is 5.91 Å². The third-order valence-corrected chi connectivity index (χ3v) is 5.61. The van der Waals surface area contributed by atoms with Gasteiger partial charge in [0.05, 0.1) is 12.8 Å². The number of benzene rings is 2. The topological polar surface area (TPSA) is 58.6 Å². The highest BCUT2D eigenvalue weighted by Crippen LogP contribution is 2.44. The molecule has 1 N–H and O–H groups in total. The van der Waals surface area contributed by atoms with Crippen LogP contribution in [0.25, 0.3) is 0 Å². The molecular formula is C19H20N2O3S. The van der Waals surface area contributed by atoms with Gasteiger partial charge in [0.15, 0.2) is 4.75 Å². The zero-order valence-electron chi connectivity index (χ0n) is 14.4. The number of thioether (sulfide) groups is 1. The maximum Gasteiger partial charge on any atom is 0.252 e. The van der Waals surface area contributed by atoms with E-state index < -0.39 is 4.75 Å². The summed E-state index contributed by atoms with van der Waals surface area (Å²) in [5.74, 6) is 0.209. The number of methoxy groups -OCH3 is 1. The number of carbonyl (C=O) groups excluding carboxylic acids is 2. The lowest BCUT2D eigenvalue weighted by Gasteiger charge is -2.36. The van der Waals surface area contributed by atoms with Gasteiger partial charge in [-0.2, -0.15) is 0 Å². The largest absolute Gasteiger partial charge is 0.497 e. The van der Waals surface area contributed by atoms with Gasteiger partial charge >= 0.3 is 0 Å². The van der Waals surface area contributed by atoms with Gasteiger partial charge in [0, 0.05) is 18.5 Å². The number of anilines is 1. The maximum absolute atomic E-state index is 12.8. The van der Waals surface area contributed by atoms with Crippen LogP contribution in [0.3, 0.4) is 0 Å². The first kappa shape index (κ1) is 17.4. The molecule has 25 heavy (non-hydrogen) atoms. The van der Waals surface area contributed by atoms with Crippen molar-refractivity contribution in [2.24, 2.45) is 0 Å². The number of rotatable bonds is 4. The van der Waals surface area contributed by atoms with Crippen LogP contribution >= 0.6 is 11.8 Å². The van der Waals surface area contributed by atoms with E-state index in [9.17, 15) is 9.59 Å². The third-order valence-electron chi connectivity index (χ3n) is 4.27. The predicted octanol–water partition coefficient (Wildman–Crippen LogP) is 2.84. The second-order valence-electron chi connectivity index (χ2n) is 6.00. The van der Waals surface area contributed by atoms with Gasteiger partial charge in [-0.15, -0.1) is 0 Å². The van der Waals surface area contributed by atoms with Crippen molar-refractivity contribution in [1.29, 1.82) is 0 Å². The lowest BCUT2D eigenvalue weighted by atomic mass is 10.1. The number of hydrogen-bond acceptors (Lipinski definition) is 4. The summed E-state index contributed by atoms with van der Waals surface area (Å²) in [5, 5.41) is 2.88. The lowest BCUT2D eigenvalue weighted by molar-refractivity contribution is -0.131. The van der Waals surface area contributed by atoms with Gasteiger partial charge in [0.25, 0.3) is 5.91 Å². The van der Waals surface area contributed by atoms with Crippen LogP contribution in [0.2, 0.25) is 0 Å². The van der Waals surface area contributed by atoms with E-state index in [2.05, 4.69) is 5.32 Å². The molecule has 3 rings (SSSR count). The first-order valence-electron chi connectivity index (χ1n) is 7.93. The Morgan fingerprint density at radius 1 is 1.24 bits per heavy atom. The monoisotopic (exact) mass is 356 g/mol. The molecule has 0 radical (unpaired) electrons. The lowest BCUT2D eigenvalue weighted by Crippen LogP contribution is -2.55. The highest BCUT2D eigenvalue weighted by molar-refractivity contribution is 8.02. The number of amides is 2. The summed E-state index contributed by atoms with van der Waals surface area (Å²) in [4.78, 5) is 28.1. The number of para-hydroxylation sites is 1. The summed E-state index contributed by atoms with van der Waals surface area (Å²) in [5.41, 5.74) is 1.74. The Labute approximate surface area is 151 Å². The number of hydrogen-bond donors (Lipinski definition) is 1. The second kappa shape index (κ2) is 6.80. The van der Waals surface area contributed by atoms with Crippen LogP contribution < -0.4 is 15.0 Å². The minimum absolute atomic E-state index is 0.223. The fourth-order valence-corrected chi connectivity index (χ4v) is 4.08. The normalized spacial score (nSPS) is 19.3. The molecule has 1 atom stereocenters. The molecule has 130 valence electrons. The Bertz CT molecular complexity index is 824. The average molecular weight is 356 g/mol. The minimum atomic E-state index is -1.19. The molecular weight excluding hydrogens is 336 g/mol. The van der Waals surface area contributed by atoms with Gasteiger partial charge in [-0.3, -0.25) is 9.59 Å². The molecule has 6 heteroatoms. The Morgan fingerprint density at radius 2 is 2.00 bits per heavy atom. The predicted molar refractivity (Wildman–Crippen MR) is 99.0 cm³/mol. The third kappa shape index (κ3) is 3.22. The number of nitrogens with zero attached hydrogens (tertiary/aromatic N) is 1. The number of ether oxygens (including phenoxy) is 1. The Morgan fingerprint density at radius 3 is 2.76 bits per heavy atom. The molecule has 0 aromatic heterocycles. The van der Waals surface area contributed by atoms with Crippen LogP contribution in [0, 0.1) is 0 Å². The minimum Gasteiger partial charge on any atom is -0.497 e. The van der Waals surface area contributed by atoms with Crippen molar-refractivity contribution in [2.75, 3.05) is 19.1 Å². The highest BCUT2D eigenvalue weighted by atomic mass is 32.2. The number of carbonyl (C=O) groups is 2. The van der Waals surface area contributed by atoms with E-state index in [4.69, 9.17) is 4.74 Å². The molecule has 2 aromatic carbocycles. The van der Waals surface area contributed by atoms with Gasteiger partial charge < -0.3 is 15.0 Å². The van der Waals surface area contributed by atoms with Crippen molar-refractivity contribution in [3.05, 3.63) is 54.1 Å². The van der Waals surface area contributed by atoms with Crippen LogP contribution in [-0.2, 0) is 16.1 Å². The van der Waals surface area contributed by atoms with Crippen molar-refractivity contribution in [1.82, 2.24) is 5.32 Å². The first-order chi connectivity index (χ1) is 12.0. The van der Waals surface area contributed by atoms with Crippen LogP contribution in [0.15, 0.2) is 53.4 Å². The van der Waals surface area contributed by atoms with E-state index in [0.29, 0.717) is 6.54 Å². The van der Waals surface area contributed by atoms with Crippen molar-refractivity contribution in [3.8, 4) is 5.75 Å². The fourth-order valence-electron chi connectivity index (χ4n) is 2.79. The molecule has 2 aromatic rings. The quantitative estimate of drug-likeness (QED) is 0.856. The molecule has 1 heterocycles. The zero-order valence-corrected chi connectivity index (χ0v) is 15.2. The van der Waals surface area contributed by atoms with Crippen LogP contribution in [-0.4, -0.2) is 30.7 Å². The SMILES string of the molecule is COc1cccc(CNC(=O)C2(C)Sc3ccccc3N(C)C2=O)c1. The van der Waals surface area contributed by atoms with E-state index in [1.165, 1.54) is 11.8 Å². The molecule has 0 saturated heterocycles. The smallest absolute Gasteiger partial charge is 0.252 e. The first-order valence-corrected chi connectivity index (χ1v) is 8.75. The van der Waals surface area contributed by atoms with Crippen molar-refractivity contribution < 1.29 is 14.3 Å². The Hall–Kier alpha value is -2.47. The molecule has 1 aliphatic rings. The molecule has 5 nitrogen and oxygen atoms in total. The Balaban J connectivity index is 1.78. The molecule has 0 aliphatic carbocycles. The van der Waals surface area contributed by atoms with Crippen LogP contribution in [0.4, 0.5) is 5.69 Å². The van der Waals surface area contributed by atoms with Gasteiger partial charge in [-0.1, -0.05) is 36.0 Å². The average Bonchev–Trinajstić information content (AvgIpc) is 2.64. The molecule has 2 amide bonds. The van der Waals surface area contributed by atoms with Gasteiger partial charge in [-0.25, -0.2) is 0 Å². The second-order valence-corrected chi connectivity index (χ2v) is 7.46. The Kier molecular flexibility index (Phi) is 4.72. The van der Waals surface area contributed by atoms with E-state index in [1.807, 2.05) is 48.5 Å². The van der Waals surface area contributed by atoms with E-state index in [0.717, 1.165) is 21.9 Å². The molecule has 1 unspecified atom stereocenters. The molecule has 0 saturated carbocycles. The molecule has 0 spiro atoms. The van der Waals surface area contributed by atoms with E-state index >= 15 is 0 Å². The van der Waals surface area contributed by atoms with Crippen molar-refractivity contribution in [3.63, 3.8) is 0 Å². The molecule has 0 bridgehead atoms. The van der Waals surface area contributed by atoms with Crippen molar-refractivity contribution >= 4 is 29.3 Å². The number of nitrogens with one attached hydrogen (secondary N) is 1. The van der Waals surface area contributed by atoms with Crippen LogP contribution in [0.5, 0.6) is 5.75 Å².